The molecule has 1 aliphatic heterocycles. The van der Waals surface area contributed by atoms with Crippen molar-refractivity contribution in [1.82, 2.24) is 14.8 Å². The number of halogens is 1. The first-order valence-electron chi connectivity index (χ1n) is 6.68. The van der Waals surface area contributed by atoms with E-state index in [1.807, 2.05) is 19.0 Å². The van der Waals surface area contributed by atoms with Crippen molar-refractivity contribution in [1.29, 1.82) is 0 Å². The molecule has 0 saturated carbocycles. The monoisotopic (exact) mass is 313 g/mol. The fourth-order valence-electron chi connectivity index (χ4n) is 2.56. The first-order valence-corrected chi connectivity index (χ1v) is 7.06. The average Bonchev–Trinajstić information content (AvgIpc) is 2.77. The van der Waals surface area contributed by atoms with E-state index in [1.165, 1.54) is 12.3 Å². The van der Waals surface area contributed by atoms with Gasteiger partial charge in [0.2, 0.25) is 0 Å². The predicted molar refractivity (Wildman–Crippen MR) is 81.1 cm³/mol. The summed E-state index contributed by atoms with van der Waals surface area (Å²) in [6, 6.07) is 1.51. The second-order valence-corrected chi connectivity index (χ2v) is 5.87. The highest BCUT2D eigenvalue weighted by molar-refractivity contribution is 6.33. The summed E-state index contributed by atoms with van der Waals surface area (Å²) in [5, 5.41) is 10.1. The summed E-state index contributed by atoms with van der Waals surface area (Å²) < 4.78 is 0. The molecular formula is C13H20ClN5O2. The number of carbonyl (C=O) groups excluding carboxylic acids is 1. The molecule has 0 radical (unpaired) electrons. The lowest BCUT2D eigenvalue weighted by Gasteiger charge is -2.26. The summed E-state index contributed by atoms with van der Waals surface area (Å²) >= 11 is 6.00. The minimum Gasteiger partial charge on any atom is -0.391 e. The Morgan fingerprint density at radius 3 is 2.95 bits per heavy atom. The Morgan fingerprint density at radius 2 is 2.38 bits per heavy atom. The Labute approximate surface area is 128 Å². The molecule has 1 saturated heterocycles. The largest absolute Gasteiger partial charge is 0.391 e. The predicted octanol–water partition coefficient (Wildman–Crippen LogP) is 0.158. The summed E-state index contributed by atoms with van der Waals surface area (Å²) in [6.07, 6.45) is 1.52. The number of pyridine rings is 1. The van der Waals surface area contributed by atoms with Gasteiger partial charge in [-0.1, -0.05) is 11.6 Å². The van der Waals surface area contributed by atoms with E-state index in [2.05, 4.69) is 10.4 Å². The number of rotatable bonds is 4. The van der Waals surface area contributed by atoms with Crippen LogP contribution in [0.25, 0.3) is 0 Å². The lowest BCUT2D eigenvalue weighted by atomic mass is 10.1. The smallest absolute Gasteiger partial charge is 0.255 e. The van der Waals surface area contributed by atoms with Crippen LogP contribution in [0, 0.1) is 0 Å². The quantitative estimate of drug-likeness (QED) is 0.541. The highest BCUT2D eigenvalue weighted by Gasteiger charge is 2.35. The van der Waals surface area contributed by atoms with Crippen LogP contribution in [-0.4, -0.2) is 65.1 Å². The number of likely N-dealkylation sites (N-methyl/N-ethyl adjacent to an activating group) is 1. The van der Waals surface area contributed by atoms with Gasteiger partial charge < -0.3 is 20.3 Å². The van der Waals surface area contributed by atoms with Crippen LogP contribution < -0.4 is 11.3 Å². The number of nitrogens with zero attached hydrogens (tertiary/aromatic N) is 3. The summed E-state index contributed by atoms with van der Waals surface area (Å²) in [5.41, 5.74) is 2.74. The van der Waals surface area contributed by atoms with E-state index in [4.69, 9.17) is 17.4 Å². The van der Waals surface area contributed by atoms with Gasteiger partial charge >= 0.3 is 0 Å². The molecule has 2 heterocycles. The number of likely N-dealkylation sites (tertiary alicyclic amines) is 1. The van der Waals surface area contributed by atoms with Crippen molar-refractivity contribution in [2.75, 3.05) is 32.6 Å². The third-order valence-electron chi connectivity index (χ3n) is 3.45. The number of hydrogen-bond donors (Lipinski definition) is 3. The zero-order valence-electron chi connectivity index (χ0n) is 12.1. The van der Waals surface area contributed by atoms with E-state index in [1.54, 1.807) is 4.90 Å². The first-order chi connectivity index (χ1) is 9.92. The lowest BCUT2D eigenvalue weighted by Crippen LogP contribution is -2.41. The van der Waals surface area contributed by atoms with Gasteiger partial charge in [0.1, 0.15) is 0 Å². The standard InChI is InChI=1S/C13H20ClN5O2/c1-18(2)6-9-4-10(20)7-19(9)13(21)8-3-11(14)12(17-15)16-5-8/h3,5,9-10,20H,4,6-7,15H2,1-2H3,(H,16,17). The van der Waals surface area contributed by atoms with E-state index in [9.17, 15) is 9.90 Å². The molecule has 0 aliphatic carbocycles. The van der Waals surface area contributed by atoms with Gasteiger partial charge in [-0.2, -0.15) is 0 Å². The topological polar surface area (TPSA) is 94.7 Å². The fourth-order valence-corrected chi connectivity index (χ4v) is 2.78. The molecule has 21 heavy (non-hydrogen) atoms. The van der Waals surface area contributed by atoms with Gasteiger partial charge in [0.15, 0.2) is 5.82 Å². The number of nitrogens with one attached hydrogen (secondary N) is 1. The molecule has 1 aromatic rings. The van der Waals surface area contributed by atoms with Gasteiger partial charge in [0, 0.05) is 25.3 Å². The molecule has 2 unspecified atom stereocenters. The second kappa shape index (κ2) is 6.57. The molecule has 2 rings (SSSR count). The SMILES string of the molecule is CN(C)CC1CC(O)CN1C(=O)c1cnc(NN)c(Cl)c1. The summed E-state index contributed by atoms with van der Waals surface area (Å²) in [4.78, 5) is 20.3. The fraction of sp³-hybridized carbons (Fsp3) is 0.538. The summed E-state index contributed by atoms with van der Waals surface area (Å²) in [7, 11) is 3.88. The van der Waals surface area contributed by atoms with E-state index in [-0.39, 0.29) is 17.0 Å². The van der Waals surface area contributed by atoms with Crippen LogP contribution in [0.2, 0.25) is 5.02 Å². The number of amides is 1. The van der Waals surface area contributed by atoms with E-state index in [0.29, 0.717) is 30.9 Å². The van der Waals surface area contributed by atoms with Crippen LogP contribution in [0.5, 0.6) is 0 Å². The molecule has 1 aliphatic rings. The van der Waals surface area contributed by atoms with Crippen molar-refractivity contribution in [3.05, 3.63) is 22.8 Å². The molecule has 7 nitrogen and oxygen atoms in total. The Balaban J connectivity index is 2.19. The molecule has 1 fully saturated rings. The average molecular weight is 314 g/mol. The normalized spacial score (nSPS) is 21.9. The summed E-state index contributed by atoms with van der Waals surface area (Å²) in [6.45, 7) is 1.03. The van der Waals surface area contributed by atoms with E-state index >= 15 is 0 Å². The van der Waals surface area contributed by atoms with Crippen molar-refractivity contribution >= 4 is 23.3 Å². The zero-order chi connectivity index (χ0) is 15.6. The van der Waals surface area contributed by atoms with Gasteiger partial charge in [-0.05, 0) is 26.6 Å². The molecule has 1 amide bonds. The second-order valence-electron chi connectivity index (χ2n) is 5.46. The number of nitrogens with two attached hydrogens (primary N) is 1. The number of β-amino-alcohol motifs (C(OH)–C–C–N with tert-alkyl or cyclic N) is 1. The number of nitrogen functional groups attached to an aromatic ring is 1. The molecule has 4 N–H and O–H groups in total. The van der Waals surface area contributed by atoms with Crippen molar-refractivity contribution in [2.24, 2.45) is 5.84 Å². The number of carbonyl (C=O) groups is 1. The van der Waals surface area contributed by atoms with Gasteiger partial charge in [-0.15, -0.1) is 0 Å². The molecule has 0 bridgehead atoms. The van der Waals surface area contributed by atoms with Crippen molar-refractivity contribution in [3.63, 3.8) is 0 Å². The number of aliphatic hydroxyl groups is 1. The first kappa shape index (κ1) is 16.0. The maximum Gasteiger partial charge on any atom is 0.255 e. The van der Waals surface area contributed by atoms with Crippen LogP contribution >= 0.6 is 11.6 Å². The Kier molecular flexibility index (Phi) is 5.00. The molecule has 8 heteroatoms. The lowest BCUT2D eigenvalue weighted by molar-refractivity contribution is 0.0699. The number of hydrogen-bond acceptors (Lipinski definition) is 6. The molecular weight excluding hydrogens is 294 g/mol. The van der Waals surface area contributed by atoms with Crippen LogP contribution in [0.15, 0.2) is 12.3 Å². The van der Waals surface area contributed by atoms with Crippen LogP contribution in [-0.2, 0) is 0 Å². The number of hydrazine groups is 1. The number of aliphatic hydroxyl groups excluding tert-OH is 1. The van der Waals surface area contributed by atoms with Crippen LogP contribution in [0.4, 0.5) is 5.82 Å². The van der Waals surface area contributed by atoms with Crippen LogP contribution in [0.3, 0.4) is 0 Å². The molecule has 1 aromatic heterocycles. The van der Waals surface area contributed by atoms with Crippen molar-refractivity contribution in [3.8, 4) is 0 Å². The Hall–Kier alpha value is -1.41. The van der Waals surface area contributed by atoms with Gasteiger partial charge in [0.25, 0.3) is 5.91 Å². The van der Waals surface area contributed by atoms with Gasteiger partial charge in [0.05, 0.1) is 16.7 Å². The maximum atomic E-state index is 12.6. The molecule has 0 aromatic carbocycles. The number of aromatic nitrogens is 1. The highest BCUT2D eigenvalue weighted by Crippen LogP contribution is 2.24. The summed E-state index contributed by atoms with van der Waals surface area (Å²) in [5.74, 6) is 5.40. The van der Waals surface area contributed by atoms with Gasteiger partial charge in [-0.25, -0.2) is 10.8 Å². The third kappa shape index (κ3) is 3.62. The van der Waals surface area contributed by atoms with Crippen molar-refractivity contribution < 1.29 is 9.90 Å². The minimum absolute atomic E-state index is 0.0198. The Bertz CT molecular complexity index is 525. The highest BCUT2D eigenvalue weighted by atomic mass is 35.5. The van der Waals surface area contributed by atoms with Gasteiger partial charge in [-0.3, -0.25) is 4.79 Å². The zero-order valence-corrected chi connectivity index (χ0v) is 12.8. The Morgan fingerprint density at radius 1 is 1.67 bits per heavy atom. The number of anilines is 1. The van der Waals surface area contributed by atoms with Crippen molar-refractivity contribution in [2.45, 2.75) is 18.6 Å². The van der Waals surface area contributed by atoms with E-state index in [0.717, 1.165) is 0 Å². The third-order valence-corrected chi connectivity index (χ3v) is 3.74. The molecule has 0 spiro atoms. The minimum atomic E-state index is -0.493. The molecule has 2 atom stereocenters. The van der Waals surface area contributed by atoms with Crippen LogP contribution in [0.1, 0.15) is 16.8 Å². The van der Waals surface area contributed by atoms with E-state index < -0.39 is 6.10 Å². The molecule has 116 valence electrons. The maximum absolute atomic E-state index is 12.6.